The molecule has 30 heavy (non-hydrogen) atoms. The van der Waals surface area contributed by atoms with E-state index in [2.05, 4.69) is 19.7 Å². The number of hydrogen-bond donors (Lipinski definition) is 1. The van der Waals surface area contributed by atoms with Crippen LogP contribution in [0.5, 0.6) is 5.75 Å². The van der Waals surface area contributed by atoms with E-state index in [1.54, 1.807) is 24.7 Å². The Morgan fingerprint density at radius 1 is 0.933 bits per heavy atom. The topological polar surface area (TPSA) is 68.1 Å². The molecule has 0 aliphatic carbocycles. The van der Waals surface area contributed by atoms with Gasteiger partial charge in [-0.3, -0.25) is 4.98 Å². The van der Waals surface area contributed by atoms with Crippen LogP contribution in [-0.4, -0.2) is 26.4 Å². The number of aliphatic hydroxyl groups is 1. The van der Waals surface area contributed by atoms with Crippen LogP contribution in [-0.2, 0) is 5.60 Å². The molecule has 3 rings (SSSR count). The average molecular weight is 417 g/mol. The molecule has 0 bridgehead atoms. The molecular formula is C22H22F3N3O2. The maximum absolute atomic E-state index is 12.4. The van der Waals surface area contributed by atoms with Crippen molar-refractivity contribution in [3.8, 4) is 16.9 Å². The van der Waals surface area contributed by atoms with Crippen molar-refractivity contribution in [2.75, 3.05) is 0 Å². The Hall–Kier alpha value is -3.00. The Kier molecular flexibility index (Phi) is 5.56. The zero-order valence-electron chi connectivity index (χ0n) is 17.0. The van der Waals surface area contributed by atoms with E-state index in [1.165, 1.54) is 30.6 Å². The van der Waals surface area contributed by atoms with E-state index in [-0.39, 0.29) is 5.75 Å². The second kappa shape index (κ2) is 7.68. The van der Waals surface area contributed by atoms with Crippen molar-refractivity contribution in [3.05, 3.63) is 72.1 Å². The quantitative estimate of drug-likeness (QED) is 0.645. The maximum Gasteiger partial charge on any atom is 0.573 e. The molecule has 0 aliphatic heterocycles. The van der Waals surface area contributed by atoms with Gasteiger partial charge in [-0.05, 0) is 36.2 Å². The molecule has 0 radical (unpaired) electrons. The van der Waals surface area contributed by atoms with E-state index in [1.807, 2.05) is 27.7 Å². The molecule has 0 amide bonds. The Morgan fingerprint density at radius 3 is 2.03 bits per heavy atom. The van der Waals surface area contributed by atoms with E-state index in [4.69, 9.17) is 0 Å². The number of alkyl halides is 3. The summed E-state index contributed by atoms with van der Waals surface area (Å²) in [7, 11) is 0. The Bertz CT molecular complexity index is 1020. The summed E-state index contributed by atoms with van der Waals surface area (Å²) in [6, 6.07) is 7.34. The Morgan fingerprint density at radius 2 is 1.53 bits per heavy atom. The van der Waals surface area contributed by atoms with Gasteiger partial charge in [0.1, 0.15) is 17.7 Å². The third-order valence-corrected chi connectivity index (χ3v) is 4.94. The smallest absolute Gasteiger partial charge is 0.406 e. The molecule has 1 aromatic carbocycles. The molecule has 3 aromatic rings. The van der Waals surface area contributed by atoms with Crippen molar-refractivity contribution in [1.29, 1.82) is 0 Å². The van der Waals surface area contributed by atoms with Crippen LogP contribution in [0.4, 0.5) is 13.2 Å². The minimum atomic E-state index is -4.74. The first-order valence-electron chi connectivity index (χ1n) is 9.23. The van der Waals surface area contributed by atoms with Gasteiger partial charge in [-0.15, -0.1) is 13.2 Å². The van der Waals surface area contributed by atoms with Crippen molar-refractivity contribution in [2.45, 2.75) is 39.7 Å². The maximum atomic E-state index is 12.4. The van der Waals surface area contributed by atoms with Crippen molar-refractivity contribution in [2.24, 2.45) is 5.41 Å². The molecule has 0 fully saturated rings. The van der Waals surface area contributed by atoms with Crippen LogP contribution in [0.15, 0.2) is 55.2 Å². The first-order chi connectivity index (χ1) is 13.9. The number of hydrogen-bond acceptors (Lipinski definition) is 5. The highest BCUT2D eigenvalue weighted by molar-refractivity contribution is 5.67. The van der Waals surface area contributed by atoms with E-state index in [0.717, 1.165) is 11.1 Å². The van der Waals surface area contributed by atoms with Crippen LogP contribution in [0.3, 0.4) is 0 Å². The molecular weight excluding hydrogens is 395 g/mol. The van der Waals surface area contributed by atoms with Gasteiger partial charge < -0.3 is 9.84 Å². The van der Waals surface area contributed by atoms with Gasteiger partial charge in [0.15, 0.2) is 0 Å². The molecule has 1 atom stereocenters. The lowest BCUT2D eigenvalue weighted by Gasteiger charge is -2.40. The highest BCUT2D eigenvalue weighted by Crippen LogP contribution is 2.44. The number of pyridine rings is 1. The van der Waals surface area contributed by atoms with Gasteiger partial charge >= 0.3 is 6.36 Å². The lowest BCUT2D eigenvalue weighted by Crippen LogP contribution is -2.42. The SMILES string of the molecule is Cc1cc(C(O)(c2cncnc2)C(C)(C)C)ncc1-c1ccc(OC(F)(F)F)cc1. The first-order valence-corrected chi connectivity index (χ1v) is 9.23. The number of aromatic nitrogens is 3. The lowest BCUT2D eigenvalue weighted by atomic mass is 9.70. The van der Waals surface area contributed by atoms with Crippen LogP contribution >= 0.6 is 0 Å². The molecule has 158 valence electrons. The highest BCUT2D eigenvalue weighted by Gasteiger charge is 2.45. The zero-order valence-corrected chi connectivity index (χ0v) is 17.0. The molecule has 0 spiro atoms. The standard InChI is InChI=1S/C22H22F3N3O2/c1-14-9-19(21(29,20(2,3)4)16-10-26-13-27-11-16)28-12-18(14)15-5-7-17(8-6-15)30-22(23,24)25/h5-13,29H,1-4H3. The summed E-state index contributed by atoms with van der Waals surface area (Å²) in [6.07, 6.45) is 1.37. The molecule has 8 heteroatoms. The predicted molar refractivity (Wildman–Crippen MR) is 106 cm³/mol. The fourth-order valence-electron chi connectivity index (χ4n) is 3.34. The van der Waals surface area contributed by atoms with Crippen LogP contribution in [0.2, 0.25) is 0 Å². The molecule has 1 unspecified atom stereocenters. The lowest BCUT2D eigenvalue weighted by molar-refractivity contribution is -0.274. The van der Waals surface area contributed by atoms with Gasteiger partial charge in [0.05, 0.1) is 5.69 Å². The summed E-state index contributed by atoms with van der Waals surface area (Å²) in [5, 5.41) is 11.7. The summed E-state index contributed by atoms with van der Waals surface area (Å²) in [6.45, 7) is 7.53. The van der Waals surface area contributed by atoms with Gasteiger partial charge in [-0.25, -0.2) is 9.97 Å². The second-order valence-electron chi connectivity index (χ2n) is 8.04. The monoisotopic (exact) mass is 417 g/mol. The normalized spacial score (nSPS) is 14.3. The Balaban J connectivity index is 2.00. The molecule has 0 aliphatic rings. The number of aryl methyl sites for hydroxylation is 1. The van der Waals surface area contributed by atoms with Gasteiger partial charge in [-0.1, -0.05) is 32.9 Å². The number of benzene rings is 1. The van der Waals surface area contributed by atoms with Crippen LogP contribution in [0.25, 0.3) is 11.1 Å². The minimum Gasteiger partial charge on any atom is -0.406 e. The molecule has 2 aromatic heterocycles. The third kappa shape index (κ3) is 4.28. The van der Waals surface area contributed by atoms with Gasteiger partial charge in [0.2, 0.25) is 0 Å². The van der Waals surface area contributed by atoms with E-state index < -0.39 is 17.4 Å². The number of ether oxygens (including phenoxy) is 1. The molecule has 5 nitrogen and oxygen atoms in total. The highest BCUT2D eigenvalue weighted by atomic mass is 19.4. The summed E-state index contributed by atoms with van der Waals surface area (Å²) in [5.41, 5.74) is 1.12. The fraction of sp³-hybridized carbons (Fsp3) is 0.318. The molecule has 2 heterocycles. The molecule has 1 N–H and O–H groups in total. The largest absolute Gasteiger partial charge is 0.573 e. The summed E-state index contributed by atoms with van der Waals surface area (Å²) < 4.78 is 41.0. The number of nitrogens with zero attached hydrogens (tertiary/aromatic N) is 3. The van der Waals surface area contributed by atoms with Crippen molar-refractivity contribution >= 4 is 0 Å². The van der Waals surface area contributed by atoms with E-state index in [9.17, 15) is 18.3 Å². The zero-order chi connectivity index (χ0) is 22.2. The average Bonchev–Trinajstić information content (AvgIpc) is 2.66. The van der Waals surface area contributed by atoms with Gasteiger partial charge in [-0.2, -0.15) is 0 Å². The van der Waals surface area contributed by atoms with Gasteiger partial charge in [0.25, 0.3) is 0 Å². The Labute approximate surface area is 172 Å². The third-order valence-electron chi connectivity index (χ3n) is 4.94. The van der Waals surface area contributed by atoms with Crippen LogP contribution in [0, 0.1) is 12.3 Å². The second-order valence-corrected chi connectivity index (χ2v) is 8.04. The van der Waals surface area contributed by atoms with Crippen LogP contribution in [0.1, 0.15) is 37.6 Å². The predicted octanol–water partition coefficient (Wildman–Crippen LogP) is 5.03. The summed E-state index contributed by atoms with van der Waals surface area (Å²) in [4.78, 5) is 12.5. The van der Waals surface area contributed by atoms with Crippen molar-refractivity contribution in [1.82, 2.24) is 15.0 Å². The van der Waals surface area contributed by atoms with Crippen molar-refractivity contribution in [3.63, 3.8) is 0 Å². The summed E-state index contributed by atoms with van der Waals surface area (Å²) >= 11 is 0. The van der Waals surface area contributed by atoms with E-state index >= 15 is 0 Å². The first kappa shape index (κ1) is 21.7. The van der Waals surface area contributed by atoms with Gasteiger partial charge in [0, 0.05) is 35.1 Å². The fourth-order valence-corrected chi connectivity index (χ4v) is 3.34. The summed E-state index contributed by atoms with van der Waals surface area (Å²) in [5.74, 6) is -0.292. The molecule has 0 saturated heterocycles. The number of halogens is 3. The minimum absolute atomic E-state index is 0.292. The molecule has 0 saturated carbocycles. The van der Waals surface area contributed by atoms with Crippen LogP contribution < -0.4 is 4.74 Å². The van der Waals surface area contributed by atoms with Crippen molar-refractivity contribution < 1.29 is 23.0 Å². The number of rotatable bonds is 4. The van der Waals surface area contributed by atoms with E-state index in [0.29, 0.717) is 16.8 Å².